The van der Waals surface area contributed by atoms with Gasteiger partial charge in [-0.2, -0.15) is 15.0 Å². The van der Waals surface area contributed by atoms with Gasteiger partial charge in [-0.1, -0.05) is 64.7 Å². The molecular formula is C37H72N8O2. The van der Waals surface area contributed by atoms with Crippen LogP contribution in [-0.4, -0.2) is 79.2 Å². The van der Waals surface area contributed by atoms with Gasteiger partial charge >= 0.3 is 0 Å². The van der Waals surface area contributed by atoms with Gasteiger partial charge in [-0.3, -0.25) is 0 Å². The second-order valence-corrected chi connectivity index (χ2v) is 17.4. The molecule has 0 bridgehead atoms. The van der Waals surface area contributed by atoms with E-state index in [1.165, 1.54) is 57.8 Å². The van der Waals surface area contributed by atoms with Crippen molar-refractivity contribution >= 4 is 17.8 Å². The number of aromatic nitrogens is 3. The van der Waals surface area contributed by atoms with Crippen LogP contribution in [0.25, 0.3) is 0 Å². The van der Waals surface area contributed by atoms with Crippen molar-refractivity contribution < 1.29 is 10.2 Å². The summed E-state index contributed by atoms with van der Waals surface area (Å²) in [7, 11) is 0. The number of aliphatic hydroxyl groups is 2. The lowest BCUT2D eigenvalue weighted by molar-refractivity contribution is 0.0340. The van der Waals surface area contributed by atoms with Gasteiger partial charge in [0.15, 0.2) is 0 Å². The molecule has 272 valence electrons. The van der Waals surface area contributed by atoms with Crippen LogP contribution < -0.4 is 26.6 Å². The Balaban J connectivity index is 1.58. The van der Waals surface area contributed by atoms with Gasteiger partial charge in [0.05, 0.1) is 12.2 Å². The molecule has 10 nitrogen and oxygen atoms in total. The van der Waals surface area contributed by atoms with E-state index in [0.717, 1.165) is 38.6 Å². The van der Waals surface area contributed by atoms with Crippen LogP contribution in [-0.2, 0) is 0 Å². The van der Waals surface area contributed by atoms with Gasteiger partial charge in [-0.15, -0.1) is 0 Å². The summed E-state index contributed by atoms with van der Waals surface area (Å²) in [5.74, 6) is 1.70. The topological polar surface area (TPSA) is 139 Å². The fraction of sp³-hybridized carbons (Fsp3) is 0.919. The van der Waals surface area contributed by atoms with Gasteiger partial charge < -0.3 is 36.8 Å². The molecule has 2 fully saturated rings. The van der Waals surface area contributed by atoms with E-state index in [9.17, 15) is 10.2 Å². The highest BCUT2D eigenvalue weighted by atomic mass is 16.3. The van der Waals surface area contributed by atoms with E-state index in [1.807, 2.05) is 0 Å². The second kappa shape index (κ2) is 17.8. The molecular weight excluding hydrogens is 588 g/mol. The molecule has 2 aliphatic rings. The van der Waals surface area contributed by atoms with Gasteiger partial charge in [-0.05, 0) is 99.3 Å². The minimum Gasteiger partial charge on any atom is -0.391 e. The zero-order valence-electron chi connectivity index (χ0n) is 31.6. The number of aliphatic hydroxyl groups excluding tert-OH is 2. The Morgan fingerprint density at radius 1 is 0.553 bits per heavy atom. The Hall–Kier alpha value is -1.75. The number of hydrogen-bond donors (Lipinski definition) is 7. The van der Waals surface area contributed by atoms with Crippen LogP contribution >= 0.6 is 0 Å². The molecule has 0 aliphatic carbocycles. The normalized spacial score (nSPS) is 22.0. The third-order valence-corrected chi connectivity index (χ3v) is 9.92. The second-order valence-electron chi connectivity index (χ2n) is 17.4. The fourth-order valence-corrected chi connectivity index (χ4v) is 8.50. The van der Waals surface area contributed by atoms with Gasteiger partial charge in [0.2, 0.25) is 17.8 Å². The SMILES string of the molecule is CCCCCCCCCCCCNc1nc(NCC(O)C2CC(C)(C)NC(C)(C)C2)nc(NCC(O)C2CC(C)(C)NC(C)(C)C2)n1. The first-order valence-electron chi connectivity index (χ1n) is 18.9. The lowest BCUT2D eigenvalue weighted by Gasteiger charge is -2.47. The summed E-state index contributed by atoms with van der Waals surface area (Å²) < 4.78 is 0. The third kappa shape index (κ3) is 14.7. The molecule has 7 N–H and O–H groups in total. The van der Waals surface area contributed by atoms with E-state index in [1.54, 1.807) is 0 Å². The van der Waals surface area contributed by atoms with Gasteiger partial charge in [0.25, 0.3) is 0 Å². The highest BCUT2D eigenvalue weighted by Crippen LogP contribution is 2.36. The minimum atomic E-state index is -0.527. The van der Waals surface area contributed by atoms with Crippen LogP contribution in [0.1, 0.15) is 152 Å². The van der Waals surface area contributed by atoms with Gasteiger partial charge in [-0.25, -0.2) is 0 Å². The fourth-order valence-electron chi connectivity index (χ4n) is 8.50. The molecule has 1 aromatic rings. The minimum absolute atomic E-state index is 0.0387. The van der Waals surface area contributed by atoms with Crippen LogP contribution in [0.5, 0.6) is 0 Å². The third-order valence-electron chi connectivity index (χ3n) is 9.92. The van der Waals surface area contributed by atoms with Crippen molar-refractivity contribution in [2.24, 2.45) is 11.8 Å². The molecule has 2 saturated heterocycles. The monoisotopic (exact) mass is 661 g/mol. The van der Waals surface area contributed by atoms with E-state index < -0.39 is 12.2 Å². The largest absolute Gasteiger partial charge is 0.391 e. The number of unbranched alkanes of at least 4 members (excludes halogenated alkanes) is 9. The maximum Gasteiger partial charge on any atom is 0.229 e. The summed E-state index contributed by atoms with van der Waals surface area (Å²) in [5, 5.41) is 39.9. The number of nitrogens with zero attached hydrogens (tertiary/aromatic N) is 3. The first-order valence-corrected chi connectivity index (χ1v) is 18.9. The zero-order chi connectivity index (χ0) is 34.7. The van der Waals surface area contributed by atoms with Crippen molar-refractivity contribution in [3.8, 4) is 0 Å². The standard InChI is InChI=1S/C37H72N8O2/c1-10-11-12-13-14-15-16-17-18-19-20-38-31-41-32(39-25-29(46)27-21-34(2,3)44-35(4,5)22-27)43-33(42-31)40-26-30(47)28-23-36(6,7)45-37(8,9)24-28/h27-30,44-47H,10-26H2,1-9H3,(H3,38,39,40,41,42,43). The zero-order valence-corrected chi connectivity index (χ0v) is 31.6. The van der Waals surface area contributed by atoms with Gasteiger partial charge in [0, 0.05) is 41.8 Å². The van der Waals surface area contributed by atoms with E-state index in [-0.39, 0.29) is 34.0 Å². The Morgan fingerprint density at radius 2 is 0.872 bits per heavy atom. The van der Waals surface area contributed by atoms with E-state index in [0.29, 0.717) is 30.9 Å². The Labute approximate surface area is 287 Å². The Morgan fingerprint density at radius 3 is 1.23 bits per heavy atom. The predicted octanol–water partition coefficient (Wildman–Crippen LogP) is 6.86. The summed E-state index contributed by atoms with van der Waals surface area (Å²) in [5.41, 5.74) is -0.155. The molecule has 0 radical (unpaired) electrons. The lowest BCUT2D eigenvalue weighted by Crippen LogP contribution is -2.59. The maximum atomic E-state index is 11.2. The molecule has 2 unspecified atom stereocenters. The molecule has 10 heteroatoms. The maximum absolute atomic E-state index is 11.2. The highest BCUT2D eigenvalue weighted by Gasteiger charge is 2.41. The van der Waals surface area contributed by atoms with Crippen LogP contribution in [0.4, 0.5) is 17.8 Å². The number of rotatable bonds is 20. The molecule has 1 aromatic heterocycles. The molecule has 0 amide bonds. The molecule has 0 saturated carbocycles. The summed E-state index contributed by atoms with van der Waals surface area (Å²) in [6, 6.07) is 0. The van der Waals surface area contributed by atoms with Crippen molar-refractivity contribution in [3.05, 3.63) is 0 Å². The summed E-state index contributed by atoms with van der Waals surface area (Å²) in [6.07, 6.45) is 15.5. The first kappa shape index (κ1) is 39.7. The summed E-state index contributed by atoms with van der Waals surface area (Å²) in [4.78, 5) is 14.0. The van der Waals surface area contributed by atoms with Gasteiger partial charge in [0.1, 0.15) is 0 Å². The van der Waals surface area contributed by atoms with Crippen molar-refractivity contribution in [3.63, 3.8) is 0 Å². The van der Waals surface area contributed by atoms with Crippen molar-refractivity contribution in [2.75, 3.05) is 35.6 Å². The predicted molar refractivity (Wildman–Crippen MR) is 197 cm³/mol. The van der Waals surface area contributed by atoms with Crippen LogP contribution in [0.3, 0.4) is 0 Å². The number of piperidine rings is 2. The summed E-state index contributed by atoms with van der Waals surface area (Å²) in [6.45, 7) is 21.4. The van der Waals surface area contributed by atoms with Crippen LogP contribution in [0.15, 0.2) is 0 Å². The molecule has 2 atom stereocenters. The number of hydrogen-bond acceptors (Lipinski definition) is 10. The van der Waals surface area contributed by atoms with Crippen LogP contribution in [0.2, 0.25) is 0 Å². The molecule has 0 spiro atoms. The highest BCUT2D eigenvalue weighted by molar-refractivity contribution is 5.42. The van der Waals surface area contributed by atoms with E-state index in [2.05, 4.69) is 104 Å². The molecule has 0 aromatic carbocycles. The molecule has 3 rings (SSSR count). The number of anilines is 3. The van der Waals surface area contributed by atoms with Crippen LogP contribution in [0, 0.1) is 11.8 Å². The first-order chi connectivity index (χ1) is 22.0. The quantitative estimate of drug-likeness (QED) is 0.0742. The van der Waals surface area contributed by atoms with E-state index >= 15 is 0 Å². The Bertz CT molecular complexity index is 965. The average Bonchev–Trinajstić information content (AvgIpc) is 2.94. The molecule has 47 heavy (non-hydrogen) atoms. The molecule has 3 heterocycles. The summed E-state index contributed by atoms with van der Waals surface area (Å²) >= 11 is 0. The van der Waals surface area contributed by atoms with Crippen molar-refractivity contribution in [1.29, 1.82) is 0 Å². The Kier molecular flexibility index (Phi) is 15.0. The number of nitrogens with one attached hydrogen (secondary N) is 5. The average molecular weight is 661 g/mol. The van der Waals surface area contributed by atoms with Crippen molar-refractivity contribution in [2.45, 2.75) is 187 Å². The van der Waals surface area contributed by atoms with E-state index in [4.69, 9.17) is 0 Å². The van der Waals surface area contributed by atoms with Crippen molar-refractivity contribution in [1.82, 2.24) is 25.6 Å². The molecule has 2 aliphatic heterocycles. The smallest absolute Gasteiger partial charge is 0.229 e. The lowest BCUT2D eigenvalue weighted by atomic mass is 9.73.